The monoisotopic (exact) mass is 566 g/mol. The maximum Gasteiger partial charge on any atom is 0.302 e. The van der Waals surface area contributed by atoms with Crippen LogP contribution in [-0.2, 0) is 11.5 Å². The Morgan fingerprint density at radius 3 is 2.76 bits per heavy atom. The number of benzene rings is 2. The molecule has 1 saturated heterocycles. The van der Waals surface area contributed by atoms with Crippen LogP contribution in [0.25, 0.3) is 10.9 Å². The molecule has 1 amide bonds. The fourth-order valence-corrected chi connectivity index (χ4v) is 6.98. The van der Waals surface area contributed by atoms with Crippen LogP contribution in [0.15, 0.2) is 51.1 Å². The van der Waals surface area contributed by atoms with Crippen molar-refractivity contribution in [3.8, 4) is 11.6 Å². The van der Waals surface area contributed by atoms with Crippen LogP contribution >= 0.6 is 15.9 Å². The summed E-state index contributed by atoms with van der Waals surface area (Å²) in [5, 5.41) is 20.1. The van der Waals surface area contributed by atoms with E-state index in [1.807, 2.05) is 54.8 Å². The molecule has 1 aliphatic heterocycles. The maximum atomic E-state index is 12.5. The second kappa shape index (κ2) is 9.55. The van der Waals surface area contributed by atoms with Gasteiger partial charge < -0.3 is 9.84 Å². The first-order valence-electron chi connectivity index (χ1n) is 12.8. The van der Waals surface area contributed by atoms with E-state index in [1.54, 1.807) is 0 Å². The van der Waals surface area contributed by atoms with Crippen LogP contribution < -0.4 is 4.74 Å². The Morgan fingerprint density at radius 1 is 1.19 bits per heavy atom. The topological polar surface area (TPSA) is 79.4 Å². The first-order chi connectivity index (χ1) is 17.4. The van der Waals surface area contributed by atoms with Gasteiger partial charge >= 0.3 is 5.91 Å². The van der Waals surface area contributed by atoms with Gasteiger partial charge in [0.15, 0.2) is 12.3 Å². The minimum Gasteiger partial charge on any atom is -0.493 e. The Kier molecular flexibility index (Phi) is 6.69. The molecule has 2 fully saturated rings. The van der Waals surface area contributed by atoms with Crippen molar-refractivity contribution in [2.75, 3.05) is 13.2 Å². The first-order valence-corrected chi connectivity index (χ1v) is 13.6. The molecule has 1 aliphatic carbocycles. The lowest BCUT2D eigenvalue weighted by atomic mass is 9.65. The highest BCUT2D eigenvalue weighted by Gasteiger charge is 2.49. The van der Waals surface area contributed by atoms with E-state index in [4.69, 9.17) is 4.74 Å². The van der Waals surface area contributed by atoms with E-state index >= 15 is 0 Å². The van der Waals surface area contributed by atoms with E-state index < -0.39 is 5.91 Å². The number of carbonyl (C=O) groups excluding carboxylic acids is 1. The fourth-order valence-electron chi connectivity index (χ4n) is 6.62. The van der Waals surface area contributed by atoms with Crippen molar-refractivity contribution in [1.29, 1.82) is 0 Å². The standard InChI is InChI=1S/C29H35BrN4O3/c1-18-7-6-8-24(19(18)2)37-14-25(35)31-32-26-22-11-20(30)9-10-23(22)34(27(26)36)17-33-16-29(5)13-21(33)12-28(3,4)15-29/h6-11,21,36H,12-17H2,1-5H3/t21-,29+/m1/s1. The maximum absolute atomic E-state index is 12.5. The molecule has 2 atom stereocenters. The molecule has 37 heavy (non-hydrogen) atoms. The minimum atomic E-state index is -0.514. The van der Waals surface area contributed by atoms with E-state index in [-0.39, 0.29) is 12.5 Å². The van der Waals surface area contributed by atoms with Crippen molar-refractivity contribution >= 4 is 38.4 Å². The molecule has 8 heteroatoms. The largest absolute Gasteiger partial charge is 0.493 e. The number of hydrogen-bond acceptors (Lipinski definition) is 5. The highest BCUT2D eigenvalue weighted by Crippen LogP contribution is 2.53. The zero-order valence-corrected chi connectivity index (χ0v) is 23.8. The number of azo groups is 1. The summed E-state index contributed by atoms with van der Waals surface area (Å²) >= 11 is 3.53. The molecular formula is C29H35BrN4O3. The van der Waals surface area contributed by atoms with E-state index in [2.05, 4.69) is 51.8 Å². The van der Waals surface area contributed by atoms with Gasteiger partial charge in [-0.2, -0.15) is 0 Å². The average molecular weight is 568 g/mol. The normalized spacial score (nSPS) is 23.2. The Bertz CT molecular complexity index is 1400. The second-order valence-corrected chi connectivity index (χ2v) is 12.9. The van der Waals surface area contributed by atoms with Gasteiger partial charge in [0.25, 0.3) is 0 Å². The number of halogens is 1. The van der Waals surface area contributed by atoms with Crippen LogP contribution in [0.5, 0.6) is 11.6 Å². The number of rotatable bonds is 6. The van der Waals surface area contributed by atoms with Gasteiger partial charge in [-0.1, -0.05) is 48.8 Å². The number of aromatic hydroxyl groups is 1. The molecule has 2 bridgehead atoms. The van der Waals surface area contributed by atoms with Gasteiger partial charge in [0.1, 0.15) is 5.75 Å². The SMILES string of the molecule is Cc1cccc(OCC(=O)N=Nc2c(O)n(CN3C[C@@]4(C)C[C@H]3CC(C)(C)C4)c3ccc(Br)cc23)c1C. The van der Waals surface area contributed by atoms with Gasteiger partial charge in [-0.05, 0) is 79.3 Å². The first kappa shape index (κ1) is 25.9. The highest BCUT2D eigenvalue weighted by molar-refractivity contribution is 9.10. The smallest absolute Gasteiger partial charge is 0.302 e. The van der Waals surface area contributed by atoms with E-state index in [9.17, 15) is 9.90 Å². The molecule has 0 spiro atoms. The third-order valence-corrected chi connectivity index (χ3v) is 8.48. The molecule has 2 heterocycles. The van der Waals surface area contributed by atoms with E-state index in [1.165, 1.54) is 12.8 Å². The molecule has 1 N–H and O–H groups in total. The van der Waals surface area contributed by atoms with Crippen molar-refractivity contribution in [2.24, 2.45) is 21.1 Å². The summed E-state index contributed by atoms with van der Waals surface area (Å²) in [6.45, 7) is 12.4. The van der Waals surface area contributed by atoms with Gasteiger partial charge in [0, 0.05) is 22.4 Å². The molecule has 1 saturated carbocycles. The van der Waals surface area contributed by atoms with Gasteiger partial charge in [-0.25, -0.2) is 0 Å². The zero-order chi connectivity index (χ0) is 26.5. The zero-order valence-electron chi connectivity index (χ0n) is 22.2. The molecular weight excluding hydrogens is 532 g/mol. The number of ether oxygens (including phenoxy) is 1. The van der Waals surface area contributed by atoms with Crippen LogP contribution in [0.1, 0.15) is 51.2 Å². The Balaban J connectivity index is 1.39. The quantitative estimate of drug-likeness (QED) is 0.318. The van der Waals surface area contributed by atoms with Crippen LogP contribution in [0.4, 0.5) is 5.69 Å². The molecule has 3 aromatic rings. The number of likely N-dealkylation sites (tertiary alicyclic amines) is 1. The predicted molar refractivity (Wildman–Crippen MR) is 148 cm³/mol. The molecule has 5 rings (SSSR count). The summed E-state index contributed by atoms with van der Waals surface area (Å²) in [4.78, 5) is 15.0. The van der Waals surface area contributed by atoms with Crippen molar-refractivity contribution in [2.45, 2.75) is 66.6 Å². The van der Waals surface area contributed by atoms with Crippen LogP contribution in [0.2, 0.25) is 0 Å². The van der Waals surface area contributed by atoms with Gasteiger partial charge in [-0.3, -0.25) is 14.3 Å². The lowest BCUT2D eigenvalue weighted by Crippen LogP contribution is -2.35. The molecule has 0 unspecified atom stereocenters. The summed E-state index contributed by atoms with van der Waals surface area (Å²) in [5.74, 6) is 0.158. The number of nitrogens with zero attached hydrogens (tertiary/aromatic N) is 4. The Morgan fingerprint density at radius 2 is 1.97 bits per heavy atom. The Labute approximate surface area is 226 Å². The lowest BCUT2D eigenvalue weighted by molar-refractivity contribution is -0.120. The number of amides is 1. The number of fused-ring (bicyclic) bond motifs is 3. The molecule has 196 valence electrons. The van der Waals surface area contributed by atoms with Crippen LogP contribution in [0, 0.1) is 24.7 Å². The Hall–Kier alpha value is -2.71. The van der Waals surface area contributed by atoms with E-state index in [0.29, 0.717) is 35.0 Å². The lowest BCUT2D eigenvalue weighted by Gasteiger charge is -2.40. The van der Waals surface area contributed by atoms with Gasteiger partial charge in [-0.15, -0.1) is 10.2 Å². The van der Waals surface area contributed by atoms with Gasteiger partial charge in [0.05, 0.1) is 12.2 Å². The molecule has 1 aromatic heterocycles. The average Bonchev–Trinajstić information content (AvgIpc) is 3.21. The van der Waals surface area contributed by atoms with Crippen molar-refractivity contribution < 1.29 is 14.6 Å². The minimum absolute atomic E-state index is 0.0194. The summed E-state index contributed by atoms with van der Waals surface area (Å²) < 4.78 is 8.44. The third-order valence-electron chi connectivity index (χ3n) is 7.99. The van der Waals surface area contributed by atoms with Gasteiger partial charge in [0.2, 0.25) is 5.88 Å². The summed E-state index contributed by atoms with van der Waals surface area (Å²) in [7, 11) is 0. The number of aromatic nitrogens is 1. The molecule has 7 nitrogen and oxygen atoms in total. The highest BCUT2D eigenvalue weighted by atomic mass is 79.9. The molecule has 2 aromatic carbocycles. The third kappa shape index (κ3) is 5.18. The number of hydrogen-bond donors (Lipinski definition) is 1. The summed E-state index contributed by atoms with van der Waals surface area (Å²) in [6.07, 6.45) is 3.54. The summed E-state index contributed by atoms with van der Waals surface area (Å²) in [5.41, 5.74) is 3.84. The number of aryl methyl sites for hydroxylation is 1. The van der Waals surface area contributed by atoms with Crippen LogP contribution in [-0.4, -0.2) is 39.7 Å². The number of carbonyl (C=O) groups is 1. The molecule has 0 radical (unpaired) electrons. The van der Waals surface area contributed by atoms with Crippen LogP contribution in [0.3, 0.4) is 0 Å². The predicted octanol–water partition coefficient (Wildman–Crippen LogP) is 7.27. The van der Waals surface area contributed by atoms with E-state index in [0.717, 1.165) is 39.5 Å². The van der Waals surface area contributed by atoms with Crippen molar-refractivity contribution in [3.05, 3.63) is 52.0 Å². The van der Waals surface area contributed by atoms with Crippen molar-refractivity contribution in [1.82, 2.24) is 9.47 Å². The second-order valence-electron chi connectivity index (χ2n) is 11.9. The summed E-state index contributed by atoms with van der Waals surface area (Å²) in [6, 6.07) is 12.0. The molecule has 2 aliphatic rings. The fraction of sp³-hybridized carbons (Fsp3) is 0.483. The van der Waals surface area contributed by atoms with Crippen molar-refractivity contribution in [3.63, 3.8) is 0 Å².